The number of anilines is 2. The third kappa shape index (κ3) is 4.27. The van der Waals surface area contributed by atoms with Crippen molar-refractivity contribution in [3.05, 3.63) is 46.3 Å². The molecule has 6 nitrogen and oxygen atoms in total. The zero-order valence-electron chi connectivity index (χ0n) is 14.2. The molecule has 1 aromatic carbocycles. The zero-order chi connectivity index (χ0) is 18.7. The first kappa shape index (κ1) is 18.5. The lowest BCUT2D eigenvalue weighted by Crippen LogP contribution is -2.30. The molecule has 0 saturated carbocycles. The van der Waals surface area contributed by atoms with Gasteiger partial charge in [0.1, 0.15) is 22.8 Å². The van der Waals surface area contributed by atoms with E-state index in [9.17, 15) is 9.18 Å². The van der Waals surface area contributed by atoms with Crippen LogP contribution in [-0.2, 0) is 0 Å². The Morgan fingerprint density at radius 1 is 1.31 bits per heavy atom. The first-order valence-corrected chi connectivity index (χ1v) is 9.03. The molecular weight excluding hydrogens is 377 g/mol. The number of nitrogens with one attached hydrogen (secondary N) is 2. The average molecular weight is 394 g/mol. The van der Waals surface area contributed by atoms with Gasteiger partial charge in [-0.2, -0.15) is 0 Å². The van der Waals surface area contributed by atoms with Crippen molar-refractivity contribution in [3.63, 3.8) is 0 Å². The Balaban J connectivity index is 1.82. The van der Waals surface area contributed by atoms with Crippen LogP contribution in [0.4, 0.5) is 15.9 Å². The van der Waals surface area contributed by atoms with Gasteiger partial charge in [-0.05, 0) is 38.4 Å². The number of halogens is 2. The normalized spacial score (nSPS) is 11.1. The first-order valence-electron chi connectivity index (χ1n) is 7.83. The van der Waals surface area contributed by atoms with Gasteiger partial charge >= 0.3 is 0 Å². The number of hydrogen-bond acceptors (Lipinski definition) is 6. The van der Waals surface area contributed by atoms with Crippen LogP contribution in [0, 0.1) is 5.82 Å². The number of hydrogen-bond donors (Lipinski definition) is 2. The summed E-state index contributed by atoms with van der Waals surface area (Å²) in [5.41, 5.74) is 0.597. The minimum Gasteiger partial charge on any atom is -0.350 e. The third-order valence-electron chi connectivity index (χ3n) is 3.58. The smallest absolute Gasteiger partial charge is 0.261 e. The summed E-state index contributed by atoms with van der Waals surface area (Å²) in [6, 6.07) is 6.07. The summed E-state index contributed by atoms with van der Waals surface area (Å²) in [7, 11) is 3.89. The molecule has 0 aliphatic heterocycles. The highest BCUT2D eigenvalue weighted by atomic mass is 35.5. The average Bonchev–Trinajstić information content (AvgIpc) is 3.03. The van der Waals surface area contributed by atoms with E-state index in [1.165, 1.54) is 29.8 Å². The van der Waals surface area contributed by atoms with Crippen LogP contribution in [-0.4, -0.2) is 48.0 Å². The molecule has 0 aliphatic rings. The molecule has 0 aliphatic carbocycles. The van der Waals surface area contributed by atoms with Crippen molar-refractivity contribution in [2.75, 3.05) is 32.5 Å². The van der Waals surface area contributed by atoms with Crippen molar-refractivity contribution in [2.24, 2.45) is 0 Å². The fourth-order valence-electron chi connectivity index (χ4n) is 2.26. The monoisotopic (exact) mass is 393 g/mol. The van der Waals surface area contributed by atoms with Crippen molar-refractivity contribution < 1.29 is 9.18 Å². The number of carbonyl (C=O) groups excluding carboxylic acids is 1. The van der Waals surface area contributed by atoms with Crippen LogP contribution in [0.25, 0.3) is 10.2 Å². The number of fused-ring (bicyclic) bond motifs is 1. The number of carbonyl (C=O) groups is 1. The van der Waals surface area contributed by atoms with Gasteiger partial charge in [0.2, 0.25) is 0 Å². The van der Waals surface area contributed by atoms with E-state index in [1.54, 1.807) is 12.1 Å². The summed E-state index contributed by atoms with van der Waals surface area (Å²) in [6.45, 7) is 1.32. The molecule has 9 heteroatoms. The van der Waals surface area contributed by atoms with E-state index in [2.05, 4.69) is 20.6 Å². The summed E-state index contributed by atoms with van der Waals surface area (Å²) in [5, 5.41) is 6.71. The fourth-order valence-corrected chi connectivity index (χ4v) is 3.35. The molecule has 2 aromatic heterocycles. The van der Waals surface area contributed by atoms with Crippen LogP contribution in [0.2, 0.25) is 5.02 Å². The Kier molecular flexibility index (Phi) is 5.65. The van der Waals surface area contributed by atoms with Crippen LogP contribution in [0.5, 0.6) is 0 Å². The van der Waals surface area contributed by atoms with Gasteiger partial charge in [-0.25, -0.2) is 14.4 Å². The van der Waals surface area contributed by atoms with Gasteiger partial charge in [-0.3, -0.25) is 4.79 Å². The van der Waals surface area contributed by atoms with Gasteiger partial charge in [0.25, 0.3) is 5.91 Å². The van der Waals surface area contributed by atoms with Crippen molar-refractivity contribution in [1.29, 1.82) is 0 Å². The highest BCUT2D eigenvalue weighted by Crippen LogP contribution is 2.30. The van der Waals surface area contributed by atoms with Gasteiger partial charge in [0.15, 0.2) is 0 Å². The predicted octanol–water partition coefficient (Wildman–Crippen LogP) is 3.52. The minimum absolute atomic E-state index is 0.0200. The molecule has 0 fully saturated rings. The maximum Gasteiger partial charge on any atom is 0.261 e. The van der Waals surface area contributed by atoms with Crippen LogP contribution >= 0.6 is 22.9 Å². The number of rotatable bonds is 6. The number of amides is 1. The maximum atomic E-state index is 13.3. The predicted molar refractivity (Wildman–Crippen MR) is 103 cm³/mol. The summed E-state index contributed by atoms with van der Waals surface area (Å²) < 4.78 is 13.3. The standard InChI is InChI=1S/C17H17ClFN5OS/c1-24(2)6-5-20-16(25)14-8-11-15(21-9-22-17(11)26-14)23-10-3-4-13(19)12(18)7-10/h3-4,7-9H,5-6H2,1-2H3,(H,20,25)(H,21,22,23). The van der Waals surface area contributed by atoms with Gasteiger partial charge in [-0.15, -0.1) is 11.3 Å². The SMILES string of the molecule is CN(C)CCNC(=O)c1cc2c(Nc3ccc(F)c(Cl)c3)ncnc2s1. The number of nitrogens with zero attached hydrogens (tertiary/aromatic N) is 3. The minimum atomic E-state index is -0.489. The Morgan fingerprint density at radius 2 is 2.12 bits per heavy atom. The molecule has 2 N–H and O–H groups in total. The molecule has 2 heterocycles. The van der Waals surface area contributed by atoms with Crippen molar-refractivity contribution >= 4 is 50.6 Å². The molecule has 0 radical (unpaired) electrons. The molecule has 136 valence electrons. The Labute approximate surface area is 159 Å². The lowest BCUT2D eigenvalue weighted by atomic mass is 10.3. The number of aromatic nitrogens is 2. The van der Waals surface area contributed by atoms with Crippen molar-refractivity contribution in [3.8, 4) is 0 Å². The van der Waals surface area contributed by atoms with Crippen molar-refractivity contribution in [1.82, 2.24) is 20.2 Å². The molecular formula is C17H17ClFN5OS. The lowest BCUT2D eigenvalue weighted by Gasteiger charge is -2.09. The van der Waals surface area contributed by atoms with Crippen molar-refractivity contribution in [2.45, 2.75) is 0 Å². The Morgan fingerprint density at radius 3 is 2.85 bits per heavy atom. The van der Waals surface area contributed by atoms with E-state index >= 15 is 0 Å². The molecule has 0 atom stereocenters. The van der Waals surface area contributed by atoms with Crippen LogP contribution in [0.1, 0.15) is 9.67 Å². The topological polar surface area (TPSA) is 70.2 Å². The molecule has 0 spiro atoms. The molecule has 0 saturated heterocycles. The number of likely N-dealkylation sites (N-methyl/N-ethyl adjacent to an activating group) is 1. The van der Waals surface area contributed by atoms with E-state index in [0.29, 0.717) is 27.8 Å². The van der Waals surface area contributed by atoms with E-state index < -0.39 is 5.82 Å². The van der Waals surface area contributed by atoms with Crippen LogP contribution in [0.15, 0.2) is 30.6 Å². The van der Waals surface area contributed by atoms with Gasteiger partial charge < -0.3 is 15.5 Å². The number of benzene rings is 1. The zero-order valence-corrected chi connectivity index (χ0v) is 15.8. The third-order valence-corrected chi connectivity index (χ3v) is 4.91. The number of thiophene rings is 1. The molecule has 0 unspecified atom stereocenters. The largest absolute Gasteiger partial charge is 0.350 e. The second kappa shape index (κ2) is 7.94. The van der Waals surface area contributed by atoms with Crippen LogP contribution < -0.4 is 10.6 Å². The summed E-state index contributed by atoms with van der Waals surface area (Å²) in [5.74, 6) is -0.107. The molecule has 26 heavy (non-hydrogen) atoms. The van der Waals surface area contributed by atoms with E-state index in [0.717, 1.165) is 11.9 Å². The van der Waals surface area contributed by atoms with Gasteiger partial charge in [0.05, 0.1) is 15.3 Å². The molecule has 0 bridgehead atoms. The summed E-state index contributed by atoms with van der Waals surface area (Å²) in [6.07, 6.45) is 1.42. The van der Waals surface area contributed by atoms with Gasteiger partial charge in [0, 0.05) is 18.8 Å². The van der Waals surface area contributed by atoms with Gasteiger partial charge in [-0.1, -0.05) is 11.6 Å². The van der Waals surface area contributed by atoms with E-state index in [4.69, 9.17) is 11.6 Å². The highest BCUT2D eigenvalue weighted by Gasteiger charge is 2.14. The second-order valence-electron chi connectivity index (χ2n) is 5.86. The lowest BCUT2D eigenvalue weighted by molar-refractivity contribution is 0.0955. The fraction of sp³-hybridized carbons (Fsp3) is 0.235. The van der Waals surface area contributed by atoms with Crippen LogP contribution in [0.3, 0.4) is 0 Å². The maximum absolute atomic E-state index is 13.3. The Hall–Kier alpha value is -2.29. The van der Waals surface area contributed by atoms with E-state index in [1.807, 2.05) is 19.0 Å². The molecule has 1 amide bonds. The first-order chi connectivity index (χ1) is 12.4. The summed E-state index contributed by atoms with van der Waals surface area (Å²) >= 11 is 7.10. The summed E-state index contributed by atoms with van der Waals surface area (Å²) in [4.78, 5) is 24.0. The Bertz CT molecular complexity index is 946. The highest BCUT2D eigenvalue weighted by molar-refractivity contribution is 7.20. The van der Waals surface area contributed by atoms with E-state index in [-0.39, 0.29) is 10.9 Å². The molecule has 3 aromatic rings. The second-order valence-corrected chi connectivity index (χ2v) is 7.30. The quantitative estimate of drug-likeness (QED) is 0.670. The molecule has 3 rings (SSSR count).